The second kappa shape index (κ2) is 5.88. The monoisotopic (exact) mass is 354 g/mol. The quantitative estimate of drug-likeness (QED) is 0.789. The van der Waals surface area contributed by atoms with E-state index in [2.05, 4.69) is 25.9 Å². The van der Waals surface area contributed by atoms with Crippen molar-refractivity contribution in [1.29, 1.82) is 0 Å². The van der Waals surface area contributed by atoms with Crippen LogP contribution in [-0.2, 0) is 0 Å². The van der Waals surface area contributed by atoms with Gasteiger partial charge in [0.1, 0.15) is 13.2 Å². The molecule has 7 heteroatoms. The van der Waals surface area contributed by atoms with Crippen LogP contribution in [0.3, 0.4) is 0 Å². The van der Waals surface area contributed by atoms with Gasteiger partial charge in [-0.15, -0.1) is 0 Å². The molecule has 0 amide bonds. The van der Waals surface area contributed by atoms with Crippen LogP contribution in [0.1, 0.15) is 0 Å². The first-order valence-corrected chi connectivity index (χ1v) is 7.51. The minimum absolute atomic E-state index is 0.514. The molecule has 0 N–H and O–H groups in total. The lowest BCUT2D eigenvalue weighted by Gasteiger charge is -2.18. The molecule has 1 aliphatic rings. The summed E-state index contributed by atoms with van der Waals surface area (Å²) in [6, 6.07) is 5.78. The Morgan fingerprint density at radius 3 is 2.85 bits per heavy atom. The number of aromatic nitrogens is 2. The summed E-state index contributed by atoms with van der Waals surface area (Å²) < 4.78 is 16.9. The molecule has 0 saturated carbocycles. The largest absolute Gasteiger partial charge is 0.486 e. The second-order valence-corrected chi connectivity index (χ2v) is 5.81. The van der Waals surface area contributed by atoms with Gasteiger partial charge in [0.05, 0.1) is 11.6 Å². The molecule has 0 bridgehead atoms. The minimum Gasteiger partial charge on any atom is -0.486 e. The highest BCUT2D eigenvalue weighted by Crippen LogP contribution is 2.36. The summed E-state index contributed by atoms with van der Waals surface area (Å²) in [7, 11) is 1.58. The van der Waals surface area contributed by atoms with Crippen LogP contribution in [0.4, 0.5) is 0 Å². The third-order valence-corrected chi connectivity index (χ3v) is 4.02. The van der Waals surface area contributed by atoms with E-state index in [1.807, 2.05) is 18.2 Å². The minimum atomic E-state index is 0.514. The first-order chi connectivity index (χ1) is 9.76. The molecule has 2 heterocycles. The van der Waals surface area contributed by atoms with E-state index >= 15 is 0 Å². The van der Waals surface area contributed by atoms with E-state index in [9.17, 15) is 0 Å². The summed E-state index contributed by atoms with van der Waals surface area (Å²) in [5.41, 5.74) is 0. The van der Waals surface area contributed by atoms with Crippen LogP contribution in [0.25, 0.3) is 0 Å². The van der Waals surface area contributed by atoms with Gasteiger partial charge in [-0.1, -0.05) is 0 Å². The van der Waals surface area contributed by atoms with E-state index < -0.39 is 0 Å². The summed E-state index contributed by atoms with van der Waals surface area (Å²) >= 11 is 4.77. The van der Waals surface area contributed by atoms with Gasteiger partial charge in [0, 0.05) is 11.1 Å². The van der Waals surface area contributed by atoms with Gasteiger partial charge in [-0.05, 0) is 45.9 Å². The van der Waals surface area contributed by atoms with Gasteiger partial charge in [0.25, 0.3) is 0 Å². The zero-order chi connectivity index (χ0) is 13.9. The van der Waals surface area contributed by atoms with Crippen molar-refractivity contribution in [2.45, 2.75) is 10.1 Å². The average molecular weight is 355 g/mol. The maximum atomic E-state index is 5.55. The Morgan fingerprint density at radius 1 is 1.25 bits per heavy atom. The molecule has 0 spiro atoms. The Hall–Kier alpha value is -1.47. The lowest BCUT2D eigenvalue weighted by atomic mass is 10.3. The van der Waals surface area contributed by atoms with Crippen molar-refractivity contribution in [1.82, 2.24) is 9.97 Å². The standard InChI is InChI=1S/C13H11BrN2O3S/c1-17-12-9(14)7-15-13(16-12)20-8-2-3-10-11(6-8)19-5-4-18-10/h2-3,6-7H,4-5H2,1H3. The summed E-state index contributed by atoms with van der Waals surface area (Å²) in [6.45, 7) is 1.16. The highest BCUT2D eigenvalue weighted by molar-refractivity contribution is 9.10. The number of rotatable bonds is 3. The maximum absolute atomic E-state index is 5.55. The molecule has 0 aliphatic carbocycles. The Morgan fingerprint density at radius 2 is 2.05 bits per heavy atom. The summed E-state index contributed by atoms with van der Waals surface area (Å²) in [4.78, 5) is 9.54. The third-order valence-electron chi connectivity index (χ3n) is 2.61. The second-order valence-electron chi connectivity index (χ2n) is 3.92. The van der Waals surface area contributed by atoms with Crippen molar-refractivity contribution in [3.8, 4) is 17.4 Å². The van der Waals surface area contributed by atoms with Crippen LogP contribution in [-0.4, -0.2) is 30.3 Å². The van der Waals surface area contributed by atoms with Crippen molar-refractivity contribution in [2.75, 3.05) is 20.3 Å². The molecule has 5 nitrogen and oxygen atoms in total. The van der Waals surface area contributed by atoms with Crippen LogP contribution >= 0.6 is 27.7 Å². The zero-order valence-electron chi connectivity index (χ0n) is 10.6. The van der Waals surface area contributed by atoms with Gasteiger partial charge in [0.15, 0.2) is 16.7 Å². The van der Waals surface area contributed by atoms with Gasteiger partial charge in [-0.25, -0.2) is 4.98 Å². The molecule has 0 radical (unpaired) electrons. The highest BCUT2D eigenvalue weighted by atomic mass is 79.9. The number of benzene rings is 1. The number of ether oxygens (including phenoxy) is 3. The Bertz CT molecular complexity index is 639. The fourth-order valence-corrected chi connectivity index (χ4v) is 2.82. The molecular weight excluding hydrogens is 344 g/mol. The summed E-state index contributed by atoms with van der Waals surface area (Å²) in [5, 5.41) is 0.613. The number of halogens is 1. The topological polar surface area (TPSA) is 53.5 Å². The van der Waals surface area contributed by atoms with E-state index in [1.165, 1.54) is 11.8 Å². The van der Waals surface area contributed by atoms with Gasteiger partial charge in [-0.3, -0.25) is 0 Å². The molecule has 0 unspecified atom stereocenters. The van der Waals surface area contributed by atoms with Gasteiger partial charge in [-0.2, -0.15) is 4.98 Å². The summed E-state index contributed by atoms with van der Waals surface area (Å²) in [6.07, 6.45) is 1.67. The van der Waals surface area contributed by atoms with Crippen molar-refractivity contribution >= 4 is 27.7 Å². The fraction of sp³-hybridized carbons (Fsp3) is 0.231. The zero-order valence-corrected chi connectivity index (χ0v) is 13.0. The van der Waals surface area contributed by atoms with Crippen LogP contribution in [0.15, 0.2) is 38.9 Å². The SMILES string of the molecule is COc1nc(Sc2ccc3c(c2)OCCO3)ncc1Br. The van der Waals surface area contributed by atoms with Crippen molar-refractivity contribution < 1.29 is 14.2 Å². The normalized spacial score (nSPS) is 13.1. The number of nitrogens with zero attached hydrogens (tertiary/aromatic N) is 2. The number of fused-ring (bicyclic) bond motifs is 1. The Balaban J connectivity index is 1.84. The first-order valence-electron chi connectivity index (χ1n) is 5.90. The predicted molar refractivity (Wildman–Crippen MR) is 77.8 cm³/mol. The Kier molecular flexibility index (Phi) is 3.98. The molecule has 20 heavy (non-hydrogen) atoms. The number of methoxy groups -OCH3 is 1. The molecule has 1 aliphatic heterocycles. The molecule has 1 aromatic carbocycles. The third kappa shape index (κ3) is 2.83. The lowest BCUT2D eigenvalue weighted by Crippen LogP contribution is -2.15. The fourth-order valence-electron chi connectivity index (χ4n) is 1.72. The van der Waals surface area contributed by atoms with Gasteiger partial charge >= 0.3 is 0 Å². The molecule has 0 fully saturated rings. The molecule has 0 atom stereocenters. The Labute approximate surface area is 128 Å². The molecule has 2 aromatic rings. The van der Waals surface area contributed by atoms with Crippen molar-refractivity contribution in [3.05, 3.63) is 28.9 Å². The number of hydrogen-bond acceptors (Lipinski definition) is 6. The maximum Gasteiger partial charge on any atom is 0.231 e. The van der Waals surface area contributed by atoms with Crippen molar-refractivity contribution in [2.24, 2.45) is 0 Å². The van der Waals surface area contributed by atoms with E-state index in [1.54, 1.807) is 13.3 Å². The van der Waals surface area contributed by atoms with Gasteiger partial charge < -0.3 is 14.2 Å². The van der Waals surface area contributed by atoms with Crippen LogP contribution in [0.5, 0.6) is 17.4 Å². The smallest absolute Gasteiger partial charge is 0.231 e. The van der Waals surface area contributed by atoms with E-state index in [0.717, 1.165) is 20.9 Å². The van der Waals surface area contributed by atoms with Crippen molar-refractivity contribution in [3.63, 3.8) is 0 Å². The lowest BCUT2D eigenvalue weighted by molar-refractivity contribution is 0.171. The molecule has 3 rings (SSSR count). The molecule has 0 saturated heterocycles. The molecule has 104 valence electrons. The van der Waals surface area contributed by atoms with E-state index in [4.69, 9.17) is 14.2 Å². The van der Waals surface area contributed by atoms with Crippen LogP contribution < -0.4 is 14.2 Å². The number of hydrogen-bond donors (Lipinski definition) is 0. The van der Waals surface area contributed by atoms with E-state index in [-0.39, 0.29) is 0 Å². The summed E-state index contributed by atoms with van der Waals surface area (Å²) in [5.74, 6) is 2.04. The average Bonchev–Trinajstić information content (AvgIpc) is 2.49. The van der Waals surface area contributed by atoms with Crippen LogP contribution in [0, 0.1) is 0 Å². The van der Waals surface area contributed by atoms with E-state index in [0.29, 0.717) is 24.3 Å². The van der Waals surface area contributed by atoms with Gasteiger partial charge in [0.2, 0.25) is 5.88 Å². The highest BCUT2D eigenvalue weighted by Gasteiger charge is 2.13. The predicted octanol–water partition coefficient (Wildman–Crippen LogP) is 3.17. The van der Waals surface area contributed by atoms with Crippen LogP contribution in [0.2, 0.25) is 0 Å². The molecular formula is C13H11BrN2O3S. The first kappa shape index (κ1) is 13.5. The molecule has 1 aromatic heterocycles.